The predicted molar refractivity (Wildman–Crippen MR) is 84.3 cm³/mol. The number of carbonyl (C=O) groups excluding carboxylic acids is 2. The zero-order chi connectivity index (χ0) is 15.5. The summed E-state index contributed by atoms with van der Waals surface area (Å²) in [5.41, 5.74) is 1.75. The lowest BCUT2D eigenvalue weighted by atomic mass is 9.86. The van der Waals surface area contributed by atoms with Gasteiger partial charge in [0, 0.05) is 12.1 Å². The molecule has 2 saturated carbocycles. The van der Waals surface area contributed by atoms with Crippen molar-refractivity contribution < 1.29 is 14.3 Å². The number of nitrogens with one attached hydrogen (secondary N) is 1. The lowest BCUT2D eigenvalue weighted by molar-refractivity contribution is -0.148. The van der Waals surface area contributed by atoms with Crippen molar-refractivity contribution in [3.05, 3.63) is 29.8 Å². The van der Waals surface area contributed by atoms with Gasteiger partial charge in [-0.25, -0.2) is 0 Å². The van der Waals surface area contributed by atoms with Gasteiger partial charge in [-0.15, -0.1) is 0 Å². The summed E-state index contributed by atoms with van der Waals surface area (Å²) in [6.07, 6.45) is 5.51. The van der Waals surface area contributed by atoms with E-state index >= 15 is 0 Å². The van der Waals surface area contributed by atoms with Gasteiger partial charge in [-0.1, -0.05) is 24.6 Å². The molecule has 0 unspecified atom stereocenters. The SMILES string of the molecule is Cc1ccccc1NC(=O)COC(=O)C[C@H]1C[C@@H]2CC[C@@H]1C2. The summed E-state index contributed by atoms with van der Waals surface area (Å²) in [6, 6.07) is 7.55. The van der Waals surface area contributed by atoms with Crippen LogP contribution in [-0.4, -0.2) is 18.5 Å². The van der Waals surface area contributed by atoms with E-state index in [4.69, 9.17) is 4.74 Å². The normalized spacial score (nSPS) is 26.0. The van der Waals surface area contributed by atoms with Gasteiger partial charge in [0.15, 0.2) is 6.61 Å². The molecule has 3 atom stereocenters. The van der Waals surface area contributed by atoms with Crippen LogP contribution in [0.2, 0.25) is 0 Å². The molecule has 0 radical (unpaired) electrons. The van der Waals surface area contributed by atoms with Crippen molar-refractivity contribution >= 4 is 17.6 Å². The van der Waals surface area contributed by atoms with E-state index in [1.54, 1.807) is 0 Å². The van der Waals surface area contributed by atoms with Crippen molar-refractivity contribution in [2.24, 2.45) is 17.8 Å². The van der Waals surface area contributed by atoms with Gasteiger partial charge in [0.05, 0.1) is 0 Å². The Morgan fingerprint density at radius 2 is 2.05 bits per heavy atom. The third-order valence-corrected chi connectivity index (χ3v) is 5.10. The Bertz CT molecular complexity index is 569. The largest absolute Gasteiger partial charge is 0.456 e. The van der Waals surface area contributed by atoms with E-state index in [1.807, 2.05) is 31.2 Å². The smallest absolute Gasteiger partial charge is 0.306 e. The van der Waals surface area contributed by atoms with Crippen LogP contribution >= 0.6 is 0 Å². The standard InChI is InChI=1S/C18H23NO3/c1-12-4-2-3-5-16(12)19-17(20)11-22-18(21)10-15-9-13-6-7-14(15)8-13/h2-5,13-15H,6-11H2,1H3,(H,19,20)/t13-,14-,15-/m1/s1. The van der Waals surface area contributed by atoms with E-state index in [-0.39, 0.29) is 18.5 Å². The zero-order valence-electron chi connectivity index (χ0n) is 13.0. The number of carbonyl (C=O) groups is 2. The van der Waals surface area contributed by atoms with Crippen LogP contribution in [0, 0.1) is 24.7 Å². The van der Waals surface area contributed by atoms with Gasteiger partial charge in [0.25, 0.3) is 5.91 Å². The number of anilines is 1. The molecule has 1 amide bonds. The third-order valence-electron chi connectivity index (χ3n) is 5.10. The Morgan fingerprint density at radius 1 is 1.23 bits per heavy atom. The first-order valence-corrected chi connectivity index (χ1v) is 8.13. The fourth-order valence-corrected chi connectivity index (χ4v) is 3.94. The minimum atomic E-state index is -0.282. The summed E-state index contributed by atoms with van der Waals surface area (Å²) >= 11 is 0. The minimum Gasteiger partial charge on any atom is -0.456 e. The number of hydrogen-bond acceptors (Lipinski definition) is 3. The average molecular weight is 301 g/mol. The molecule has 0 saturated heterocycles. The van der Waals surface area contributed by atoms with Gasteiger partial charge in [-0.05, 0) is 55.6 Å². The van der Waals surface area contributed by atoms with Crippen molar-refractivity contribution in [3.8, 4) is 0 Å². The first-order valence-electron chi connectivity index (χ1n) is 8.13. The van der Waals surface area contributed by atoms with Crippen LogP contribution in [0.15, 0.2) is 24.3 Å². The highest BCUT2D eigenvalue weighted by Gasteiger charge is 2.40. The zero-order valence-corrected chi connectivity index (χ0v) is 13.0. The van der Waals surface area contributed by atoms with E-state index in [0.29, 0.717) is 18.3 Å². The second-order valence-electron chi connectivity index (χ2n) is 6.66. The number of ether oxygens (including phenoxy) is 1. The van der Waals surface area contributed by atoms with Crippen molar-refractivity contribution in [2.45, 2.75) is 39.0 Å². The molecule has 0 heterocycles. The van der Waals surface area contributed by atoms with Crippen molar-refractivity contribution in [1.29, 1.82) is 0 Å². The maximum Gasteiger partial charge on any atom is 0.306 e. The molecule has 1 N–H and O–H groups in total. The second-order valence-corrected chi connectivity index (χ2v) is 6.66. The maximum absolute atomic E-state index is 11.9. The topological polar surface area (TPSA) is 55.4 Å². The molecule has 2 bridgehead atoms. The fourth-order valence-electron chi connectivity index (χ4n) is 3.94. The second kappa shape index (κ2) is 6.51. The Balaban J connectivity index is 1.41. The number of hydrogen-bond donors (Lipinski definition) is 1. The van der Waals surface area contributed by atoms with Gasteiger partial charge in [-0.2, -0.15) is 0 Å². The van der Waals surface area contributed by atoms with Crippen LogP contribution in [0.3, 0.4) is 0 Å². The highest BCUT2D eigenvalue weighted by atomic mass is 16.5. The van der Waals surface area contributed by atoms with E-state index < -0.39 is 0 Å². The quantitative estimate of drug-likeness (QED) is 0.849. The molecule has 2 fully saturated rings. The molecule has 4 heteroatoms. The van der Waals surface area contributed by atoms with Crippen LogP contribution in [0.1, 0.15) is 37.7 Å². The number of para-hydroxylation sites is 1. The molecule has 2 aliphatic carbocycles. The van der Waals surface area contributed by atoms with E-state index in [0.717, 1.165) is 23.6 Å². The number of esters is 1. The highest BCUT2D eigenvalue weighted by Crippen LogP contribution is 2.49. The van der Waals surface area contributed by atoms with E-state index in [9.17, 15) is 9.59 Å². The summed E-state index contributed by atoms with van der Waals surface area (Å²) in [4.78, 5) is 23.7. The molecule has 3 rings (SSSR count). The number of benzene rings is 1. The summed E-state index contributed by atoms with van der Waals surface area (Å²) in [6.45, 7) is 1.73. The number of fused-ring (bicyclic) bond motifs is 2. The fraction of sp³-hybridized carbons (Fsp3) is 0.556. The lowest BCUT2D eigenvalue weighted by Gasteiger charge is -2.20. The average Bonchev–Trinajstić information content (AvgIpc) is 3.10. The third kappa shape index (κ3) is 3.49. The molecule has 118 valence electrons. The van der Waals surface area contributed by atoms with Crippen molar-refractivity contribution in [3.63, 3.8) is 0 Å². The summed E-state index contributed by atoms with van der Waals surface area (Å²) in [5.74, 6) is 1.49. The van der Waals surface area contributed by atoms with Gasteiger partial charge < -0.3 is 10.1 Å². The molecule has 4 nitrogen and oxygen atoms in total. The minimum absolute atomic E-state index is 0.200. The molecule has 1 aromatic carbocycles. The van der Waals surface area contributed by atoms with Crippen molar-refractivity contribution in [2.75, 3.05) is 11.9 Å². The van der Waals surface area contributed by atoms with Gasteiger partial charge in [0.2, 0.25) is 0 Å². The molecule has 0 aliphatic heterocycles. The van der Waals surface area contributed by atoms with Gasteiger partial charge in [-0.3, -0.25) is 9.59 Å². The highest BCUT2D eigenvalue weighted by molar-refractivity contribution is 5.93. The number of amides is 1. The molecular formula is C18H23NO3. The van der Waals surface area contributed by atoms with Crippen molar-refractivity contribution in [1.82, 2.24) is 0 Å². The Morgan fingerprint density at radius 3 is 2.73 bits per heavy atom. The maximum atomic E-state index is 11.9. The van der Waals surface area contributed by atoms with E-state index in [2.05, 4.69) is 5.32 Å². The molecule has 0 spiro atoms. The van der Waals surface area contributed by atoms with Crippen LogP contribution in [0.25, 0.3) is 0 Å². The predicted octanol–water partition coefficient (Wildman–Crippen LogP) is 3.30. The lowest BCUT2D eigenvalue weighted by Crippen LogP contribution is -2.23. The molecule has 1 aromatic rings. The first-order chi connectivity index (χ1) is 10.6. The molecular weight excluding hydrogens is 278 g/mol. The van der Waals surface area contributed by atoms with Gasteiger partial charge >= 0.3 is 5.97 Å². The Kier molecular flexibility index (Phi) is 4.46. The van der Waals surface area contributed by atoms with Gasteiger partial charge in [0.1, 0.15) is 0 Å². The molecule has 2 aliphatic rings. The number of aryl methyl sites for hydroxylation is 1. The molecule has 0 aromatic heterocycles. The summed E-state index contributed by atoms with van der Waals surface area (Å²) < 4.78 is 5.13. The number of rotatable bonds is 5. The van der Waals surface area contributed by atoms with Crippen LogP contribution in [0.5, 0.6) is 0 Å². The first kappa shape index (κ1) is 15.1. The van der Waals surface area contributed by atoms with Crippen LogP contribution < -0.4 is 5.32 Å². The summed E-state index contributed by atoms with van der Waals surface area (Å²) in [7, 11) is 0. The monoisotopic (exact) mass is 301 g/mol. The summed E-state index contributed by atoms with van der Waals surface area (Å²) in [5, 5.41) is 2.77. The van der Waals surface area contributed by atoms with Crippen LogP contribution in [-0.2, 0) is 14.3 Å². The Hall–Kier alpha value is -1.84. The van der Waals surface area contributed by atoms with E-state index in [1.165, 1.54) is 19.3 Å². The Labute approximate surface area is 131 Å². The van der Waals surface area contributed by atoms with Crippen LogP contribution in [0.4, 0.5) is 5.69 Å². The molecule has 22 heavy (non-hydrogen) atoms.